The highest BCUT2D eigenvalue weighted by atomic mass is 16.5. The molecule has 0 aromatic carbocycles. The first kappa shape index (κ1) is 13.3. The topological polar surface area (TPSA) is 59.8 Å². The average Bonchev–Trinajstić information content (AvgIpc) is 2.42. The molecule has 0 unspecified atom stereocenters. The van der Waals surface area contributed by atoms with Gasteiger partial charge >= 0.3 is 0 Å². The predicted octanol–water partition coefficient (Wildman–Crippen LogP) is -1.01. The first-order chi connectivity index (χ1) is 8.79. The fourth-order valence-corrected chi connectivity index (χ4v) is 2.31. The van der Waals surface area contributed by atoms with E-state index in [0.717, 1.165) is 26.2 Å². The molecule has 0 spiro atoms. The number of ether oxygens (including phenoxy) is 1. The minimum atomic E-state index is 0.201. The molecule has 6 nitrogen and oxygen atoms in total. The van der Waals surface area contributed by atoms with Crippen LogP contribution in [0.5, 0.6) is 0 Å². The summed E-state index contributed by atoms with van der Waals surface area (Å²) in [5.41, 5.74) is 0. The first-order valence-electron chi connectivity index (χ1n) is 6.47. The quantitative estimate of drug-likeness (QED) is 0.602. The monoisotopic (exact) mass is 252 g/mol. The summed E-state index contributed by atoms with van der Waals surface area (Å²) < 4.78 is 5.24. The van der Waals surface area contributed by atoms with Crippen LogP contribution in [0.15, 0.2) is 0 Å². The second-order valence-electron chi connectivity index (χ2n) is 4.70. The highest BCUT2D eigenvalue weighted by molar-refractivity contribution is 5.78. The van der Waals surface area contributed by atoms with Gasteiger partial charge < -0.3 is 9.64 Å². The van der Waals surface area contributed by atoms with E-state index in [1.54, 1.807) is 0 Å². The number of nitrogens with zero attached hydrogens (tertiary/aromatic N) is 4. The van der Waals surface area contributed by atoms with Gasteiger partial charge in [-0.1, -0.05) is 0 Å². The van der Waals surface area contributed by atoms with Crippen LogP contribution in [-0.4, -0.2) is 86.2 Å². The van der Waals surface area contributed by atoms with Crippen molar-refractivity contribution in [1.29, 1.82) is 5.26 Å². The van der Waals surface area contributed by atoms with Crippen LogP contribution in [0.3, 0.4) is 0 Å². The van der Waals surface area contributed by atoms with E-state index in [4.69, 9.17) is 10.00 Å². The highest BCUT2D eigenvalue weighted by Crippen LogP contribution is 2.03. The fraction of sp³-hybridized carbons (Fsp3) is 0.833. The molecule has 2 aliphatic heterocycles. The maximum absolute atomic E-state index is 12.0. The number of amides is 1. The largest absolute Gasteiger partial charge is 0.378 e. The molecule has 0 N–H and O–H groups in total. The van der Waals surface area contributed by atoms with Gasteiger partial charge in [-0.05, 0) is 0 Å². The van der Waals surface area contributed by atoms with Crippen molar-refractivity contribution in [1.82, 2.24) is 14.7 Å². The molecule has 0 radical (unpaired) electrons. The van der Waals surface area contributed by atoms with Crippen LogP contribution in [0, 0.1) is 11.3 Å². The Labute approximate surface area is 108 Å². The molecule has 0 aromatic rings. The molecule has 18 heavy (non-hydrogen) atoms. The van der Waals surface area contributed by atoms with Gasteiger partial charge in [-0.3, -0.25) is 14.6 Å². The van der Waals surface area contributed by atoms with Gasteiger partial charge in [0.25, 0.3) is 0 Å². The van der Waals surface area contributed by atoms with E-state index in [1.807, 2.05) is 4.90 Å². The molecule has 0 atom stereocenters. The lowest BCUT2D eigenvalue weighted by Gasteiger charge is -2.35. The Bertz CT molecular complexity index is 315. The Morgan fingerprint density at radius 3 is 2.28 bits per heavy atom. The number of morpholine rings is 1. The third-order valence-corrected chi connectivity index (χ3v) is 3.48. The Morgan fingerprint density at radius 2 is 1.67 bits per heavy atom. The zero-order valence-electron chi connectivity index (χ0n) is 10.7. The van der Waals surface area contributed by atoms with Gasteiger partial charge in [0.1, 0.15) is 0 Å². The number of carbonyl (C=O) groups is 1. The van der Waals surface area contributed by atoms with Crippen molar-refractivity contribution in [2.45, 2.75) is 0 Å². The molecule has 0 bridgehead atoms. The molecule has 1 amide bonds. The van der Waals surface area contributed by atoms with E-state index < -0.39 is 0 Å². The lowest BCUT2D eigenvalue weighted by molar-refractivity contribution is -0.136. The summed E-state index contributed by atoms with van der Waals surface area (Å²) in [4.78, 5) is 18.2. The smallest absolute Gasteiger partial charge is 0.236 e. The second-order valence-corrected chi connectivity index (χ2v) is 4.70. The van der Waals surface area contributed by atoms with Crippen LogP contribution < -0.4 is 0 Å². The molecular formula is C12H20N4O2. The van der Waals surface area contributed by atoms with Crippen LogP contribution in [0.25, 0.3) is 0 Å². The molecule has 100 valence electrons. The van der Waals surface area contributed by atoms with Gasteiger partial charge in [0.15, 0.2) is 0 Å². The van der Waals surface area contributed by atoms with Gasteiger partial charge in [-0.15, -0.1) is 0 Å². The Hall–Kier alpha value is -1.16. The van der Waals surface area contributed by atoms with E-state index >= 15 is 0 Å². The molecule has 2 aliphatic rings. The van der Waals surface area contributed by atoms with E-state index in [9.17, 15) is 4.79 Å². The first-order valence-corrected chi connectivity index (χ1v) is 6.47. The Balaban J connectivity index is 1.70. The third-order valence-electron chi connectivity index (χ3n) is 3.48. The van der Waals surface area contributed by atoms with Crippen molar-refractivity contribution < 1.29 is 9.53 Å². The summed E-state index contributed by atoms with van der Waals surface area (Å²) in [6.07, 6.45) is 0. The fourth-order valence-electron chi connectivity index (χ4n) is 2.31. The number of nitriles is 1. The molecule has 2 rings (SSSR count). The van der Waals surface area contributed by atoms with Crippen molar-refractivity contribution in [3.63, 3.8) is 0 Å². The van der Waals surface area contributed by atoms with Crippen molar-refractivity contribution in [2.24, 2.45) is 0 Å². The predicted molar refractivity (Wildman–Crippen MR) is 65.9 cm³/mol. The Morgan fingerprint density at radius 1 is 1.06 bits per heavy atom. The molecule has 0 aliphatic carbocycles. The molecule has 6 heteroatoms. The standard InChI is InChI=1S/C12H20N4O2/c13-1-2-14-3-5-15(6-4-14)11-12(17)16-7-9-18-10-8-16/h2-11H2. The number of hydrogen-bond acceptors (Lipinski definition) is 5. The highest BCUT2D eigenvalue weighted by Gasteiger charge is 2.22. The second kappa shape index (κ2) is 6.69. The van der Waals surface area contributed by atoms with Crippen LogP contribution >= 0.6 is 0 Å². The zero-order valence-corrected chi connectivity index (χ0v) is 10.7. The summed E-state index contributed by atoms with van der Waals surface area (Å²) in [6, 6.07) is 2.16. The van der Waals surface area contributed by atoms with Crippen LogP contribution in [0.4, 0.5) is 0 Å². The lowest BCUT2D eigenvalue weighted by Crippen LogP contribution is -2.51. The average molecular weight is 252 g/mol. The van der Waals surface area contributed by atoms with Gasteiger partial charge in [0.05, 0.1) is 32.4 Å². The molecular weight excluding hydrogens is 232 g/mol. The van der Waals surface area contributed by atoms with E-state index in [0.29, 0.717) is 39.4 Å². The SMILES string of the molecule is N#CCN1CCN(CC(=O)N2CCOCC2)CC1. The maximum atomic E-state index is 12.0. The summed E-state index contributed by atoms with van der Waals surface area (Å²) in [6.45, 7) is 7.24. The molecule has 2 heterocycles. The van der Waals surface area contributed by atoms with Gasteiger partial charge in [-0.25, -0.2) is 0 Å². The van der Waals surface area contributed by atoms with Gasteiger partial charge in [-0.2, -0.15) is 5.26 Å². The van der Waals surface area contributed by atoms with Crippen molar-refractivity contribution >= 4 is 5.91 Å². The summed E-state index contributed by atoms with van der Waals surface area (Å²) in [5, 5.41) is 8.62. The van der Waals surface area contributed by atoms with Crippen LogP contribution in [-0.2, 0) is 9.53 Å². The number of piperazine rings is 1. The van der Waals surface area contributed by atoms with Crippen molar-refractivity contribution in [3.05, 3.63) is 0 Å². The Kier molecular flexibility index (Phi) is 4.93. The summed E-state index contributed by atoms with van der Waals surface area (Å²) in [7, 11) is 0. The number of carbonyl (C=O) groups excluding carboxylic acids is 1. The van der Waals surface area contributed by atoms with Crippen LogP contribution in [0.2, 0.25) is 0 Å². The van der Waals surface area contributed by atoms with Gasteiger partial charge in [0.2, 0.25) is 5.91 Å². The van der Waals surface area contributed by atoms with Gasteiger partial charge in [0, 0.05) is 39.3 Å². The van der Waals surface area contributed by atoms with E-state index in [1.165, 1.54) is 0 Å². The molecule has 0 aromatic heterocycles. The number of hydrogen-bond donors (Lipinski definition) is 0. The zero-order chi connectivity index (χ0) is 12.8. The van der Waals surface area contributed by atoms with E-state index in [-0.39, 0.29) is 5.91 Å². The maximum Gasteiger partial charge on any atom is 0.236 e. The molecule has 2 fully saturated rings. The summed E-state index contributed by atoms with van der Waals surface area (Å²) >= 11 is 0. The van der Waals surface area contributed by atoms with Crippen LogP contribution in [0.1, 0.15) is 0 Å². The lowest BCUT2D eigenvalue weighted by atomic mass is 10.3. The normalized spacial score (nSPS) is 22.7. The third kappa shape index (κ3) is 3.67. The van der Waals surface area contributed by atoms with Crippen molar-refractivity contribution in [2.75, 3.05) is 65.6 Å². The molecule has 0 saturated carbocycles. The number of rotatable bonds is 3. The van der Waals surface area contributed by atoms with E-state index in [2.05, 4.69) is 15.9 Å². The minimum Gasteiger partial charge on any atom is -0.378 e. The summed E-state index contributed by atoms with van der Waals surface area (Å²) in [5.74, 6) is 0.201. The van der Waals surface area contributed by atoms with Crippen molar-refractivity contribution in [3.8, 4) is 6.07 Å². The molecule has 2 saturated heterocycles. The minimum absolute atomic E-state index is 0.201.